The Kier molecular flexibility index (Phi) is 5.74. The fourth-order valence-electron chi connectivity index (χ4n) is 6.02. The van der Waals surface area contributed by atoms with Crippen LogP contribution in [0, 0.1) is 5.92 Å². The number of carbonyl (C=O) groups is 2. The summed E-state index contributed by atoms with van der Waals surface area (Å²) in [6, 6.07) is 18.4. The van der Waals surface area contributed by atoms with Crippen molar-refractivity contribution < 1.29 is 28.5 Å². The zero-order chi connectivity index (χ0) is 25.9. The maximum absolute atomic E-state index is 13.3. The highest BCUT2D eigenvalue weighted by molar-refractivity contribution is 8.76. The highest BCUT2D eigenvalue weighted by Gasteiger charge is 2.53. The predicted octanol–water partition coefficient (Wildman–Crippen LogP) is 6.24. The number of likely N-dealkylation sites (tertiary alicyclic amines) is 1. The minimum absolute atomic E-state index is 0.202. The summed E-state index contributed by atoms with van der Waals surface area (Å²) in [4.78, 5) is 28.2. The molecule has 194 valence electrons. The molecule has 0 N–H and O–H groups in total. The zero-order valence-corrected chi connectivity index (χ0v) is 22.3. The summed E-state index contributed by atoms with van der Waals surface area (Å²) < 4.78 is 23.8. The Bertz CT molecular complexity index is 1460. The molecular formula is C29H25NO6S2. The third kappa shape index (κ3) is 3.59. The molecule has 1 unspecified atom stereocenters. The van der Waals surface area contributed by atoms with Gasteiger partial charge in [0.15, 0.2) is 5.60 Å². The Morgan fingerprint density at radius 2 is 1.71 bits per heavy atom. The molecule has 1 spiro atoms. The lowest BCUT2D eigenvalue weighted by atomic mass is 9.77. The van der Waals surface area contributed by atoms with Gasteiger partial charge in [0.1, 0.15) is 23.0 Å². The quantitative estimate of drug-likeness (QED) is 0.276. The second-order valence-corrected chi connectivity index (χ2v) is 12.4. The van der Waals surface area contributed by atoms with Crippen LogP contribution in [0.15, 0.2) is 60.7 Å². The lowest BCUT2D eigenvalue weighted by Gasteiger charge is -2.42. The van der Waals surface area contributed by atoms with E-state index in [1.165, 1.54) is 0 Å². The first-order valence-corrected chi connectivity index (χ1v) is 15.1. The number of ether oxygens (including phenoxy) is 4. The van der Waals surface area contributed by atoms with Crippen molar-refractivity contribution >= 4 is 33.7 Å². The summed E-state index contributed by atoms with van der Waals surface area (Å²) in [5.41, 5.74) is 1.47. The van der Waals surface area contributed by atoms with Gasteiger partial charge in [-0.3, -0.25) is 0 Å². The van der Waals surface area contributed by atoms with Crippen molar-refractivity contribution in [1.29, 1.82) is 0 Å². The number of carbonyl (C=O) groups excluding carboxylic acids is 2. The number of esters is 1. The van der Waals surface area contributed by atoms with Gasteiger partial charge in [0.05, 0.1) is 12.7 Å². The van der Waals surface area contributed by atoms with Crippen LogP contribution < -0.4 is 14.2 Å². The minimum atomic E-state index is -1.18. The van der Waals surface area contributed by atoms with Gasteiger partial charge in [-0.2, -0.15) is 0 Å². The summed E-state index contributed by atoms with van der Waals surface area (Å²) in [5.74, 6) is 4.08. The summed E-state index contributed by atoms with van der Waals surface area (Å²) in [6.45, 7) is 0.704. The molecule has 0 aliphatic carbocycles. The van der Waals surface area contributed by atoms with Gasteiger partial charge in [0, 0.05) is 52.9 Å². The van der Waals surface area contributed by atoms with Crippen LogP contribution in [0.25, 0.3) is 0 Å². The number of amides is 1. The molecule has 3 aromatic rings. The van der Waals surface area contributed by atoms with Crippen molar-refractivity contribution in [3.05, 3.63) is 82.9 Å². The van der Waals surface area contributed by atoms with Crippen molar-refractivity contribution in [3.8, 4) is 23.0 Å². The highest BCUT2D eigenvalue weighted by atomic mass is 33.1. The maximum Gasteiger partial charge on any atom is 0.415 e. The number of rotatable bonds is 2. The Hall–Kier alpha value is -3.30. The lowest BCUT2D eigenvalue weighted by molar-refractivity contribution is 0.0224. The minimum Gasteiger partial charge on any atom is -0.497 e. The Morgan fingerprint density at radius 3 is 2.53 bits per heavy atom. The van der Waals surface area contributed by atoms with Crippen LogP contribution in [0.1, 0.15) is 39.9 Å². The molecule has 0 aromatic heterocycles. The maximum atomic E-state index is 13.3. The standard InChI is InChI=1S/C29H25NO6S2/c1-33-18-8-10-22-25(13-18)35-26-14-19(34-28(32)30-12-4-5-17-15-37-38-16-24(17)30)9-11-23(26)29(22)21-7-3-2-6-20(21)27(31)36-29/h2-3,6-11,13-14,17,24H,4-5,12,15-16H2,1H3/t17-,24+,29?/m1/s1. The van der Waals surface area contributed by atoms with Crippen LogP contribution in [0.4, 0.5) is 4.79 Å². The molecule has 2 fully saturated rings. The summed E-state index contributed by atoms with van der Waals surface area (Å²) >= 11 is 0. The zero-order valence-electron chi connectivity index (χ0n) is 20.7. The van der Waals surface area contributed by atoms with Gasteiger partial charge in [0.25, 0.3) is 0 Å². The van der Waals surface area contributed by atoms with E-state index in [2.05, 4.69) is 0 Å². The summed E-state index contributed by atoms with van der Waals surface area (Å²) in [6.07, 6.45) is 1.80. The van der Waals surface area contributed by atoms with Crippen LogP contribution >= 0.6 is 21.6 Å². The SMILES string of the molecule is COc1ccc2c(c1)Oc1cc(OC(=O)N3CCC[C@@H]4CSSC[C@@H]43)ccc1C21OC(=O)c2ccccc21. The molecule has 4 aliphatic rings. The molecule has 7 rings (SSSR count). The molecule has 4 aliphatic heterocycles. The van der Waals surface area contributed by atoms with E-state index < -0.39 is 11.6 Å². The first kappa shape index (κ1) is 23.8. The molecule has 1 amide bonds. The third-order valence-electron chi connectivity index (χ3n) is 7.85. The van der Waals surface area contributed by atoms with E-state index in [-0.39, 0.29) is 12.1 Å². The first-order valence-electron chi connectivity index (χ1n) is 12.6. The molecule has 0 radical (unpaired) electrons. The number of fused-ring (bicyclic) bond motifs is 7. The van der Waals surface area contributed by atoms with Gasteiger partial charge in [-0.15, -0.1) is 0 Å². The average Bonchev–Trinajstić information content (AvgIpc) is 3.25. The van der Waals surface area contributed by atoms with Gasteiger partial charge in [-0.1, -0.05) is 39.8 Å². The van der Waals surface area contributed by atoms with E-state index in [1.54, 1.807) is 31.4 Å². The van der Waals surface area contributed by atoms with Crippen LogP contribution in [0.3, 0.4) is 0 Å². The summed E-state index contributed by atoms with van der Waals surface area (Å²) in [7, 11) is 5.30. The number of nitrogens with zero attached hydrogens (tertiary/aromatic N) is 1. The second kappa shape index (κ2) is 9.17. The van der Waals surface area contributed by atoms with Crippen LogP contribution in [0.2, 0.25) is 0 Å². The van der Waals surface area contributed by atoms with E-state index in [1.807, 2.05) is 62.9 Å². The lowest BCUT2D eigenvalue weighted by Crippen LogP contribution is -2.52. The van der Waals surface area contributed by atoms with Gasteiger partial charge >= 0.3 is 12.1 Å². The number of piperidine rings is 1. The number of methoxy groups -OCH3 is 1. The third-order valence-corrected chi connectivity index (χ3v) is 10.4. The van der Waals surface area contributed by atoms with Crippen molar-refractivity contribution in [2.24, 2.45) is 5.92 Å². The smallest absolute Gasteiger partial charge is 0.415 e. The second-order valence-electron chi connectivity index (χ2n) is 9.84. The van der Waals surface area contributed by atoms with Crippen molar-refractivity contribution in [2.75, 3.05) is 25.2 Å². The Labute approximate surface area is 228 Å². The number of hydrogen-bond donors (Lipinski definition) is 0. The van der Waals surface area contributed by atoms with E-state index in [9.17, 15) is 9.59 Å². The number of hydrogen-bond acceptors (Lipinski definition) is 8. The van der Waals surface area contributed by atoms with Crippen molar-refractivity contribution in [3.63, 3.8) is 0 Å². The molecule has 4 heterocycles. The first-order chi connectivity index (χ1) is 18.6. The monoisotopic (exact) mass is 547 g/mol. The van der Waals surface area contributed by atoms with Crippen molar-refractivity contribution in [1.82, 2.24) is 4.90 Å². The summed E-state index contributed by atoms with van der Waals surface area (Å²) in [5, 5.41) is 0. The average molecular weight is 548 g/mol. The molecule has 0 saturated carbocycles. The predicted molar refractivity (Wildman–Crippen MR) is 145 cm³/mol. The fourth-order valence-corrected chi connectivity index (χ4v) is 8.89. The highest BCUT2D eigenvalue weighted by Crippen LogP contribution is 2.57. The molecule has 0 bridgehead atoms. The van der Waals surface area contributed by atoms with Crippen LogP contribution in [-0.4, -0.2) is 48.2 Å². The normalized spacial score (nSPS) is 24.9. The Morgan fingerprint density at radius 1 is 0.974 bits per heavy atom. The molecule has 7 nitrogen and oxygen atoms in total. The fraction of sp³-hybridized carbons (Fsp3) is 0.310. The Balaban J connectivity index is 1.28. The van der Waals surface area contributed by atoms with Gasteiger partial charge in [-0.25, -0.2) is 9.59 Å². The van der Waals surface area contributed by atoms with Crippen LogP contribution in [0.5, 0.6) is 23.0 Å². The van der Waals surface area contributed by atoms with Crippen LogP contribution in [-0.2, 0) is 10.3 Å². The van der Waals surface area contributed by atoms with Gasteiger partial charge in [0.2, 0.25) is 0 Å². The molecule has 38 heavy (non-hydrogen) atoms. The van der Waals surface area contributed by atoms with E-state index in [0.717, 1.165) is 29.9 Å². The number of benzene rings is 3. The molecule has 3 atom stereocenters. The van der Waals surface area contributed by atoms with Crippen molar-refractivity contribution in [2.45, 2.75) is 24.5 Å². The van der Waals surface area contributed by atoms with Gasteiger partial charge in [-0.05, 0) is 49.1 Å². The molecule has 3 aromatic carbocycles. The molecule has 9 heteroatoms. The topological polar surface area (TPSA) is 74.3 Å². The molecular weight excluding hydrogens is 522 g/mol. The molecule has 2 saturated heterocycles. The van der Waals surface area contributed by atoms with Gasteiger partial charge < -0.3 is 23.8 Å². The van der Waals surface area contributed by atoms with E-state index in [0.29, 0.717) is 52.2 Å². The van der Waals surface area contributed by atoms with E-state index in [4.69, 9.17) is 18.9 Å². The largest absolute Gasteiger partial charge is 0.497 e. The van der Waals surface area contributed by atoms with E-state index >= 15 is 0 Å².